The molecule has 0 fully saturated rings. The van der Waals surface area contributed by atoms with E-state index < -0.39 is 0 Å². The summed E-state index contributed by atoms with van der Waals surface area (Å²) >= 11 is 0. The van der Waals surface area contributed by atoms with Gasteiger partial charge in [0.2, 0.25) is 0 Å². The Balaban J connectivity index is 0.000000686. The van der Waals surface area contributed by atoms with Crippen molar-refractivity contribution in [3.63, 3.8) is 0 Å². The molecule has 2 rings (SSSR count). The summed E-state index contributed by atoms with van der Waals surface area (Å²) in [4.78, 5) is 0. The van der Waals surface area contributed by atoms with Gasteiger partial charge in [-0.05, 0) is 36.8 Å². The molecule has 0 aliphatic rings. The Hall–Kier alpha value is -1.83. The summed E-state index contributed by atoms with van der Waals surface area (Å²) in [7, 11) is 0. The zero-order chi connectivity index (χ0) is 12.7. The first-order valence-corrected chi connectivity index (χ1v) is 5.75. The van der Waals surface area contributed by atoms with Gasteiger partial charge >= 0.3 is 0 Å². The number of ether oxygens (including phenoxy) is 1. The molecule has 17 heavy (non-hydrogen) atoms. The van der Waals surface area contributed by atoms with Gasteiger partial charge in [-0.1, -0.05) is 38.1 Å². The van der Waals surface area contributed by atoms with Gasteiger partial charge in [-0.25, -0.2) is 4.39 Å². The van der Waals surface area contributed by atoms with Crippen LogP contribution in [0.25, 0.3) is 0 Å². The third-order valence-corrected chi connectivity index (χ3v) is 2.06. The second-order valence-electron chi connectivity index (χ2n) is 3.35. The minimum Gasteiger partial charge on any atom is -0.454 e. The number of halogens is 1. The van der Waals surface area contributed by atoms with Gasteiger partial charge in [-0.2, -0.15) is 0 Å². The highest BCUT2D eigenvalue weighted by Crippen LogP contribution is 2.24. The van der Waals surface area contributed by atoms with Gasteiger partial charge in [-0.3, -0.25) is 0 Å². The summed E-state index contributed by atoms with van der Waals surface area (Å²) in [5.41, 5.74) is 0.974. The fraction of sp³-hybridized carbons (Fsp3) is 0.200. The second-order valence-corrected chi connectivity index (χ2v) is 3.35. The largest absolute Gasteiger partial charge is 0.454 e. The van der Waals surface area contributed by atoms with Crippen LogP contribution in [0, 0.1) is 12.7 Å². The van der Waals surface area contributed by atoms with Crippen molar-refractivity contribution in [2.45, 2.75) is 20.8 Å². The topological polar surface area (TPSA) is 9.23 Å². The predicted octanol–water partition coefficient (Wildman–Crippen LogP) is 4.95. The molecule has 0 bridgehead atoms. The van der Waals surface area contributed by atoms with Crippen molar-refractivity contribution in [3.05, 3.63) is 59.9 Å². The van der Waals surface area contributed by atoms with Crippen LogP contribution in [0.3, 0.4) is 0 Å². The number of para-hydroxylation sites is 1. The molecule has 2 aromatic carbocycles. The number of aryl methyl sites for hydroxylation is 1. The van der Waals surface area contributed by atoms with E-state index in [2.05, 4.69) is 0 Å². The Morgan fingerprint density at radius 3 is 2.24 bits per heavy atom. The fourth-order valence-corrected chi connectivity index (χ4v) is 1.30. The van der Waals surface area contributed by atoms with E-state index in [4.69, 9.17) is 4.74 Å². The van der Waals surface area contributed by atoms with Crippen LogP contribution in [0.5, 0.6) is 11.5 Å². The van der Waals surface area contributed by atoms with E-state index in [0.29, 0.717) is 5.75 Å². The van der Waals surface area contributed by atoms with Gasteiger partial charge in [0.25, 0.3) is 0 Å². The zero-order valence-corrected chi connectivity index (χ0v) is 10.4. The zero-order valence-electron chi connectivity index (χ0n) is 10.4. The molecule has 0 aliphatic heterocycles. The molecule has 0 unspecified atom stereocenters. The highest BCUT2D eigenvalue weighted by Gasteiger charge is 2.03. The predicted molar refractivity (Wildman–Crippen MR) is 69.0 cm³/mol. The minimum atomic E-state index is -0.343. The Morgan fingerprint density at radius 1 is 0.941 bits per heavy atom. The molecule has 0 saturated heterocycles. The molecule has 0 spiro atoms. The van der Waals surface area contributed by atoms with Gasteiger partial charge < -0.3 is 4.74 Å². The lowest BCUT2D eigenvalue weighted by molar-refractivity contribution is 0.442. The molecule has 0 aliphatic carbocycles. The maximum atomic E-state index is 13.3. The maximum absolute atomic E-state index is 13.3. The van der Waals surface area contributed by atoms with Gasteiger partial charge in [0.1, 0.15) is 5.75 Å². The van der Waals surface area contributed by atoms with Gasteiger partial charge in [-0.15, -0.1) is 0 Å². The van der Waals surface area contributed by atoms with Crippen LogP contribution in [-0.2, 0) is 0 Å². The normalized spacial score (nSPS) is 9.18. The summed E-state index contributed by atoms with van der Waals surface area (Å²) in [6.07, 6.45) is 0. The first-order valence-electron chi connectivity index (χ1n) is 5.75. The third kappa shape index (κ3) is 3.91. The number of hydrogen-bond acceptors (Lipinski definition) is 1. The quantitative estimate of drug-likeness (QED) is 0.711. The number of benzene rings is 2. The number of hydrogen-bond donors (Lipinski definition) is 0. The van der Waals surface area contributed by atoms with Crippen LogP contribution < -0.4 is 4.74 Å². The molecule has 0 N–H and O–H groups in total. The van der Waals surface area contributed by atoms with Crippen molar-refractivity contribution in [1.82, 2.24) is 0 Å². The molecular weight excluding hydrogens is 215 g/mol. The Morgan fingerprint density at radius 2 is 1.59 bits per heavy atom. The fourth-order valence-electron chi connectivity index (χ4n) is 1.30. The molecule has 1 nitrogen and oxygen atoms in total. The van der Waals surface area contributed by atoms with E-state index in [1.165, 1.54) is 6.07 Å². The van der Waals surface area contributed by atoms with E-state index in [1.807, 2.05) is 39.0 Å². The van der Waals surface area contributed by atoms with E-state index in [-0.39, 0.29) is 11.6 Å². The van der Waals surface area contributed by atoms with Crippen LogP contribution in [0.4, 0.5) is 4.39 Å². The molecule has 0 saturated carbocycles. The molecule has 0 radical (unpaired) electrons. The molecule has 0 aromatic heterocycles. The van der Waals surface area contributed by atoms with Crippen molar-refractivity contribution in [1.29, 1.82) is 0 Å². The molecule has 0 amide bonds. The Kier molecular flexibility index (Phi) is 5.21. The first kappa shape index (κ1) is 13.2. The van der Waals surface area contributed by atoms with Crippen LogP contribution >= 0.6 is 0 Å². The van der Waals surface area contributed by atoms with Gasteiger partial charge in [0.15, 0.2) is 11.6 Å². The summed E-state index contributed by atoms with van der Waals surface area (Å²) in [6, 6.07) is 14.0. The molecule has 0 atom stereocenters. The van der Waals surface area contributed by atoms with Gasteiger partial charge in [0.05, 0.1) is 0 Å². The summed E-state index contributed by atoms with van der Waals surface area (Å²) in [6.45, 7) is 5.90. The van der Waals surface area contributed by atoms with Crippen LogP contribution in [0.1, 0.15) is 19.4 Å². The molecule has 2 aromatic rings. The van der Waals surface area contributed by atoms with Crippen LogP contribution in [0.2, 0.25) is 0 Å². The smallest absolute Gasteiger partial charge is 0.165 e. The van der Waals surface area contributed by atoms with Crippen molar-refractivity contribution >= 4 is 0 Å². The van der Waals surface area contributed by atoms with Crippen molar-refractivity contribution in [3.8, 4) is 11.5 Å². The lowest BCUT2D eigenvalue weighted by atomic mass is 10.2. The lowest BCUT2D eigenvalue weighted by Gasteiger charge is -2.06. The monoisotopic (exact) mass is 232 g/mol. The molecular formula is C15H17FO. The van der Waals surface area contributed by atoms with E-state index in [1.54, 1.807) is 24.3 Å². The Bertz CT molecular complexity index is 452. The standard InChI is InChI=1S/C13H11FO.C2H6/c1-10-7-8-12(14)13(9-10)15-11-5-3-2-4-6-11;1-2/h2-9H,1H3;1-2H3. The maximum Gasteiger partial charge on any atom is 0.165 e. The first-order chi connectivity index (χ1) is 8.25. The van der Waals surface area contributed by atoms with Crippen molar-refractivity contribution < 1.29 is 9.13 Å². The van der Waals surface area contributed by atoms with Crippen molar-refractivity contribution in [2.24, 2.45) is 0 Å². The third-order valence-electron chi connectivity index (χ3n) is 2.06. The van der Waals surface area contributed by atoms with Gasteiger partial charge in [0, 0.05) is 0 Å². The molecule has 0 heterocycles. The summed E-state index contributed by atoms with van der Waals surface area (Å²) in [5, 5.41) is 0. The second kappa shape index (κ2) is 6.69. The average molecular weight is 232 g/mol. The lowest BCUT2D eigenvalue weighted by Crippen LogP contribution is -1.88. The highest BCUT2D eigenvalue weighted by molar-refractivity contribution is 5.34. The van der Waals surface area contributed by atoms with Crippen molar-refractivity contribution in [2.75, 3.05) is 0 Å². The minimum absolute atomic E-state index is 0.265. The average Bonchev–Trinajstić information content (AvgIpc) is 2.38. The Labute approximate surface area is 102 Å². The van der Waals surface area contributed by atoms with Crippen LogP contribution in [0.15, 0.2) is 48.5 Å². The van der Waals surface area contributed by atoms with E-state index in [9.17, 15) is 4.39 Å². The molecule has 90 valence electrons. The summed E-state index contributed by atoms with van der Waals surface area (Å²) in [5.74, 6) is 0.563. The SMILES string of the molecule is CC.Cc1ccc(F)c(Oc2ccccc2)c1. The summed E-state index contributed by atoms with van der Waals surface area (Å²) < 4.78 is 18.7. The van der Waals surface area contributed by atoms with Crippen LogP contribution in [-0.4, -0.2) is 0 Å². The molecule has 2 heteroatoms. The van der Waals surface area contributed by atoms with E-state index in [0.717, 1.165) is 5.56 Å². The van der Waals surface area contributed by atoms with E-state index >= 15 is 0 Å². The highest BCUT2D eigenvalue weighted by atomic mass is 19.1. The number of rotatable bonds is 2.